The number of benzene rings is 1. The number of hydrogen-bond acceptors (Lipinski definition) is 6. The monoisotopic (exact) mass is 350 g/mol. The second-order valence-corrected chi connectivity index (χ2v) is 6.79. The molecule has 26 heavy (non-hydrogen) atoms. The van der Waals surface area contributed by atoms with E-state index in [1.807, 2.05) is 32.0 Å². The predicted molar refractivity (Wildman–Crippen MR) is 103 cm³/mol. The van der Waals surface area contributed by atoms with Crippen LogP contribution in [0.4, 0.5) is 11.5 Å². The molecule has 0 radical (unpaired) electrons. The number of fused-ring (bicyclic) bond motifs is 1. The van der Waals surface area contributed by atoms with Crippen molar-refractivity contribution in [3.05, 3.63) is 53.5 Å². The van der Waals surface area contributed by atoms with E-state index in [1.165, 1.54) is 0 Å². The minimum Gasteiger partial charge on any atom is -0.368 e. The molecule has 0 unspecified atom stereocenters. The molecule has 7 heteroatoms. The van der Waals surface area contributed by atoms with Crippen molar-refractivity contribution in [1.82, 2.24) is 19.5 Å². The highest BCUT2D eigenvalue weighted by Crippen LogP contribution is 2.22. The van der Waals surface area contributed by atoms with E-state index in [2.05, 4.69) is 24.8 Å². The fourth-order valence-electron chi connectivity index (χ4n) is 3.34. The highest BCUT2D eigenvalue weighted by molar-refractivity contribution is 5.81. The van der Waals surface area contributed by atoms with Crippen LogP contribution in [-0.4, -0.2) is 45.7 Å². The van der Waals surface area contributed by atoms with Gasteiger partial charge in [-0.15, -0.1) is 0 Å². The maximum absolute atomic E-state index is 12.5. The molecule has 0 saturated carbocycles. The zero-order valence-corrected chi connectivity index (χ0v) is 15.0. The van der Waals surface area contributed by atoms with Crippen LogP contribution in [0.1, 0.15) is 19.9 Å². The lowest BCUT2D eigenvalue weighted by molar-refractivity contribution is 0.573. The van der Waals surface area contributed by atoms with E-state index in [0.717, 1.165) is 43.2 Å². The maximum Gasteiger partial charge on any atom is 0.261 e. The van der Waals surface area contributed by atoms with Gasteiger partial charge in [-0.05, 0) is 32.0 Å². The second kappa shape index (κ2) is 6.74. The van der Waals surface area contributed by atoms with Gasteiger partial charge >= 0.3 is 0 Å². The van der Waals surface area contributed by atoms with Crippen LogP contribution in [0.25, 0.3) is 10.9 Å². The summed E-state index contributed by atoms with van der Waals surface area (Å²) in [6.45, 7) is 7.54. The highest BCUT2D eigenvalue weighted by atomic mass is 16.1. The van der Waals surface area contributed by atoms with Crippen LogP contribution in [0.2, 0.25) is 0 Å². The third kappa shape index (κ3) is 3.00. The maximum atomic E-state index is 12.5. The summed E-state index contributed by atoms with van der Waals surface area (Å²) in [5.41, 5.74) is 1.87. The van der Waals surface area contributed by atoms with Crippen molar-refractivity contribution in [2.24, 2.45) is 0 Å². The van der Waals surface area contributed by atoms with Crippen molar-refractivity contribution in [3.8, 4) is 0 Å². The number of aromatic nitrogens is 4. The topological polar surface area (TPSA) is 67.2 Å². The van der Waals surface area contributed by atoms with Gasteiger partial charge in [0.15, 0.2) is 0 Å². The molecule has 1 fully saturated rings. The molecule has 1 aliphatic rings. The zero-order valence-electron chi connectivity index (χ0n) is 15.0. The third-order valence-electron chi connectivity index (χ3n) is 4.84. The lowest BCUT2D eigenvalue weighted by Gasteiger charge is -2.36. The van der Waals surface area contributed by atoms with Crippen LogP contribution >= 0.6 is 0 Å². The van der Waals surface area contributed by atoms with Gasteiger partial charge in [0.25, 0.3) is 5.56 Å². The van der Waals surface area contributed by atoms with E-state index in [0.29, 0.717) is 5.39 Å². The van der Waals surface area contributed by atoms with Gasteiger partial charge < -0.3 is 9.80 Å². The molecule has 4 rings (SSSR count). The molecular weight excluding hydrogens is 328 g/mol. The predicted octanol–water partition coefficient (Wildman–Crippen LogP) is 2.09. The van der Waals surface area contributed by atoms with Crippen LogP contribution < -0.4 is 15.4 Å². The van der Waals surface area contributed by atoms with Gasteiger partial charge in [-0.1, -0.05) is 0 Å². The average Bonchev–Trinajstić information content (AvgIpc) is 2.68. The van der Waals surface area contributed by atoms with Crippen LogP contribution in [0.15, 0.2) is 47.9 Å². The molecule has 0 bridgehead atoms. The van der Waals surface area contributed by atoms with Gasteiger partial charge in [-0.2, -0.15) is 0 Å². The number of piperazine rings is 1. The van der Waals surface area contributed by atoms with E-state index in [1.54, 1.807) is 29.5 Å². The number of nitrogens with zero attached hydrogens (tertiary/aromatic N) is 6. The molecule has 7 nitrogen and oxygen atoms in total. The zero-order chi connectivity index (χ0) is 18.1. The molecule has 0 atom stereocenters. The quantitative estimate of drug-likeness (QED) is 0.721. The van der Waals surface area contributed by atoms with E-state index >= 15 is 0 Å². The minimum absolute atomic E-state index is 0.0176. The van der Waals surface area contributed by atoms with Crippen LogP contribution in [0.3, 0.4) is 0 Å². The molecule has 0 amide bonds. The summed E-state index contributed by atoms with van der Waals surface area (Å²) in [7, 11) is 0. The Morgan fingerprint density at radius 3 is 2.46 bits per heavy atom. The Bertz CT molecular complexity index is 961. The van der Waals surface area contributed by atoms with Gasteiger partial charge in [0, 0.05) is 50.3 Å². The van der Waals surface area contributed by atoms with E-state index in [9.17, 15) is 4.79 Å². The highest BCUT2D eigenvalue weighted by Gasteiger charge is 2.19. The molecular formula is C19H22N6O. The third-order valence-corrected chi connectivity index (χ3v) is 4.84. The molecule has 2 aromatic heterocycles. The average molecular weight is 350 g/mol. The summed E-state index contributed by atoms with van der Waals surface area (Å²) in [4.78, 5) is 30.1. The standard InChI is InChI=1S/C19H22N6O/c1-14(2)25-13-22-17-11-15(3-4-16(17)19(25)26)23-7-9-24(10-8-23)18-12-20-5-6-21-18/h3-6,11-14H,7-10H2,1-2H3. The number of anilines is 2. The Labute approximate surface area is 151 Å². The molecule has 3 heterocycles. The molecule has 0 aliphatic carbocycles. The van der Waals surface area contributed by atoms with Crippen molar-refractivity contribution in [3.63, 3.8) is 0 Å². The minimum atomic E-state index is 0.0176. The van der Waals surface area contributed by atoms with E-state index in [-0.39, 0.29) is 11.6 Å². The first-order chi connectivity index (χ1) is 12.6. The van der Waals surface area contributed by atoms with Crippen molar-refractivity contribution >= 4 is 22.4 Å². The van der Waals surface area contributed by atoms with Crippen molar-refractivity contribution < 1.29 is 0 Å². The fourth-order valence-corrected chi connectivity index (χ4v) is 3.34. The largest absolute Gasteiger partial charge is 0.368 e. The molecule has 3 aromatic rings. The molecule has 0 spiro atoms. The van der Waals surface area contributed by atoms with Crippen molar-refractivity contribution in [1.29, 1.82) is 0 Å². The van der Waals surface area contributed by atoms with E-state index < -0.39 is 0 Å². The smallest absolute Gasteiger partial charge is 0.261 e. The summed E-state index contributed by atoms with van der Waals surface area (Å²) >= 11 is 0. The summed E-state index contributed by atoms with van der Waals surface area (Å²) in [5.74, 6) is 0.918. The van der Waals surface area contributed by atoms with Gasteiger partial charge in [-0.3, -0.25) is 14.3 Å². The molecule has 0 N–H and O–H groups in total. The SMILES string of the molecule is CC(C)n1cnc2cc(N3CCN(c4cnccn4)CC3)ccc2c1=O. The Morgan fingerprint density at radius 1 is 1.00 bits per heavy atom. The van der Waals surface area contributed by atoms with Crippen LogP contribution in [-0.2, 0) is 0 Å². The summed E-state index contributed by atoms with van der Waals surface area (Å²) < 4.78 is 1.67. The second-order valence-electron chi connectivity index (χ2n) is 6.79. The lowest BCUT2D eigenvalue weighted by atomic mass is 10.2. The summed E-state index contributed by atoms with van der Waals surface area (Å²) in [6, 6.07) is 6.04. The normalized spacial score (nSPS) is 15.0. The van der Waals surface area contributed by atoms with Gasteiger partial charge in [0.2, 0.25) is 0 Å². The first-order valence-corrected chi connectivity index (χ1v) is 8.90. The van der Waals surface area contributed by atoms with Gasteiger partial charge in [-0.25, -0.2) is 9.97 Å². The first-order valence-electron chi connectivity index (χ1n) is 8.90. The van der Waals surface area contributed by atoms with Crippen molar-refractivity contribution in [2.45, 2.75) is 19.9 Å². The Kier molecular flexibility index (Phi) is 4.28. The summed E-state index contributed by atoms with van der Waals surface area (Å²) in [5, 5.41) is 0.670. The van der Waals surface area contributed by atoms with Crippen molar-refractivity contribution in [2.75, 3.05) is 36.0 Å². The molecule has 134 valence electrons. The molecule has 1 aliphatic heterocycles. The summed E-state index contributed by atoms with van der Waals surface area (Å²) in [6.07, 6.45) is 6.86. The number of hydrogen-bond donors (Lipinski definition) is 0. The van der Waals surface area contributed by atoms with E-state index in [4.69, 9.17) is 0 Å². The van der Waals surface area contributed by atoms with Crippen LogP contribution in [0.5, 0.6) is 0 Å². The van der Waals surface area contributed by atoms with Gasteiger partial charge in [0.05, 0.1) is 23.4 Å². The Hall–Kier alpha value is -2.96. The Morgan fingerprint density at radius 2 is 1.77 bits per heavy atom. The van der Waals surface area contributed by atoms with Gasteiger partial charge in [0.1, 0.15) is 5.82 Å². The molecule has 1 aromatic carbocycles. The fraction of sp³-hybridized carbons (Fsp3) is 0.368. The number of rotatable bonds is 3. The lowest BCUT2D eigenvalue weighted by Crippen LogP contribution is -2.46. The Balaban J connectivity index is 1.55. The first kappa shape index (κ1) is 16.5. The van der Waals surface area contributed by atoms with Crippen LogP contribution in [0, 0.1) is 0 Å². The molecule has 1 saturated heterocycles.